The molecule has 0 aliphatic carbocycles. The lowest BCUT2D eigenvalue weighted by atomic mass is 10.2. The van der Waals surface area contributed by atoms with E-state index in [1.54, 1.807) is 6.92 Å². The number of carbonyl (C=O) groups is 1. The van der Waals surface area contributed by atoms with E-state index in [2.05, 4.69) is 10.6 Å². The summed E-state index contributed by atoms with van der Waals surface area (Å²) in [6, 6.07) is 7.34. The highest BCUT2D eigenvalue weighted by Gasteiger charge is 2.13. The third-order valence-electron chi connectivity index (χ3n) is 3.03. The summed E-state index contributed by atoms with van der Waals surface area (Å²) in [5, 5.41) is 15.7. The lowest BCUT2D eigenvalue weighted by molar-refractivity contribution is -0.122. The van der Waals surface area contributed by atoms with Gasteiger partial charge in [0.05, 0.1) is 6.04 Å². The maximum atomic E-state index is 11.6. The van der Waals surface area contributed by atoms with Crippen molar-refractivity contribution in [2.75, 3.05) is 19.7 Å². The van der Waals surface area contributed by atoms with E-state index >= 15 is 0 Å². The topological polar surface area (TPSA) is 70.6 Å². The van der Waals surface area contributed by atoms with Crippen molar-refractivity contribution >= 4 is 5.91 Å². The van der Waals surface area contributed by atoms with Gasteiger partial charge in [-0.05, 0) is 38.0 Å². The zero-order chi connectivity index (χ0) is 15.7. The Morgan fingerprint density at radius 2 is 2.19 bits per heavy atom. The second-order valence-corrected chi connectivity index (χ2v) is 5.20. The second kappa shape index (κ2) is 9.37. The number of carbonyl (C=O) groups excluding carboxylic acids is 1. The summed E-state index contributed by atoms with van der Waals surface area (Å²) in [6.45, 7) is 6.95. The minimum absolute atomic E-state index is 0.0522. The van der Waals surface area contributed by atoms with Crippen molar-refractivity contribution in [3.63, 3.8) is 0 Å². The molecule has 1 rings (SSSR count). The maximum Gasteiger partial charge on any atom is 0.236 e. The van der Waals surface area contributed by atoms with Crippen LogP contribution in [0.15, 0.2) is 24.3 Å². The predicted molar refractivity (Wildman–Crippen MR) is 83.4 cm³/mol. The largest absolute Gasteiger partial charge is 0.491 e. The van der Waals surface area contributed by atoms with Crippen LogP contribution in [0.4, 0.5) is 0 Å². The van der Waals surface area contributed by atoms with Crippen LogP contribution in [-0.4, -0.2) is 42.9 Å². The van der Waals surface area contributed by atoms with Crippen LogP contribution in [0.1, 0.15) is 25.8 Å². The molecule has 1 aromatic rings. The highest BCUT2D eigenvalue weighted by atomic mass is 16.5. The number of aliphatic hydroxyl groups excluding tert-OH is 1. The monoisotopic (exact) mass is 294 g/mol. The van der Waals surface area contributed by atoms with Gasteiger partial charge in [-0.3, -0.25) is 4.79 Å². The van der Waals surface area contributed by atoms with Crippen molar-refractivity contribution in [1.82, 2.24) is 10.6 Å². The Bertz CT molecular complexity index is 437. The first-order chi connectivity index (χ1) is 10.0. The summed E-state index contributed by atoms with van der Waals surface area (Å²) in [4.78, 5) is 11.6. The highest BCUT2D eigenvalue weighted by molar-refractivity contribution is 5.81. The van der Waals surface area contributed by atoms with Crippen molar-refractivity contribution in [3.8, 4) is 5.75 Å². The number of aryl methyl sites for hydroxylation is 1. The molecule has 2 atom stereocenters. The number of hydrogen-bond acceptors (Lipinski definition) is 4. The molecule has 0 heterocycles. The van der Waals surface area contributed by atoms with Crippen molar-refractivity contribution < 1.29 is 14.6 Å². The summed E-state index contributed by atoms with van der Waals surface area (Å²) in [5.41, 5.74) is 1.11. The molecule has 5 nitrogen and oxygen atoms in total. The van der Waals surface area contributed by atoms with Gasteiger partial charge in [0, 0.05) is 13.1 Å². The van der Waals surface area contributed by atoms with E-state index in [-0.39, 0.29) is 18.6 Å². The van der Waals surface area contributed by atoms with E-state index < -0.39 is 6.10 Å². The number of ether oxygens (including phenoxy) is 1. The highest BCUT2D eigenvalue weighted by Crippen LogP contribution is 2.12. The van der Waals surface area contributed by atoms with E-state index in [9.17, 15) is 9.90 Å². The van der Waals surface area contributed by atoms with Crippen LogP contribution in [-0.2, 0) is 4.79 Å². The van der Waals surface area contributed by atoms with Gasteiger partial charge in [-0.2, -0.15) is 0 Å². The molecule has 1 amide bonds. The Morgan fingerprint density at radius 1 is 1.43 bits per heavy atom. The van der Waals surface area contributed by atoms with Gasteiger partial charge in [-0.25, -0.2) is 0 Å². The molecule has 1 aromatic carbocycles. The molecule has 21 heavy (non-hydrogen) atoms. The SMILES string of the molecule is CCCNC(=O)C(C)NCC(O)COc1cccc(C)c1. The predicted octanol–water partition coefficient (Wildman–Crippen LogP) is 1.24. The first kappa shape index (κ1) is 17.5. The molecule has 2 unspecified atom stereocenters. The average molecular weight is 294 g/mol. The van der Waals surface area contributed by atoms with Crippen LogP contribution in [0, 0.1) is 6.92 Å². The van der Waals surface area contributed by atoms with Gasteiger partial charge in [0.25, 0.3) is 0 Å². The van der Waals surface area contributed by atoms with Gasteiger partial charge < -0.3 is 20.5 Å². The van der Waals surface area contributed by atoms with E-state index in [0.717, 1.165) is 17.7 Å². The smallest absolute Gasteiger partial charge is 0.236 e. The number of aliphatic hydroxyl groups is 1. The summed E-state index contributed by atoms with van der Waals surface area (Å²) < 4.78 is 5.52. The van der Waals surface area contributed by atoms with Gasteiger partial charge in [0.1, 0.15) is 18.5 Å². The van der Waals surface area contributed by atoms with Crippen LogP contribution in [0.25, 0.3) is 0 Å². The molecule has 118 valence electrons. The lowest BCUT2D eigenvalue weighted by Gasteiger charge is -2.17. The fourth-order valence-electron chi connectivity index (χ4n) is 1.76. The Morgan fingerprint density at radius 3 is 2.86 bits per heavy atom. The number of rotatable bonds is 9. The number of amides is 1. The van der Waals surface area contributed by atoms with E-state index in [4.69, 9.17) is 4.74 Å². The zero-order valence-electron chi connectivity index (χ0n) is 13.1. The van der Waals surface area contributed by atoms with Crippen LogP contribution in [0.5, 0.6) is 5.75 Å². The molecule has 3 N–H and O–H groups in total. The van der Waals surface area contributed by atoms with Gasteiger partial charge in [0.15, 0.2) is 0 Å². The van der Waals surface area contributed by atoms with Crippen molar-refractivity contribution in [2.45, 2.75) is 39.3 Å². The number of nitrogens with one attached hydrogen (secondary N) is 2. The fraction of sp³-hybridized carbons (Fsp3) is 0.562. The molecule has 0 fully saturated rings. The van der Waals surface area contributed by atoms with E-state index in [1.807, 2.05) is 38.1 Å². The molecule has 0 spiro atoms. The Balaban J connectivity index is 2.24. The van der Waals surface area contributed by atoms with Gasteiger partial charge in [-0.15, -0.1) is 0 Å². The minimum Gasteiger partial charge on any atom is -0.491 e. The first-order valence-corrected chi connectivity index (χ1v) is 7.41. The van der Waals surface area contributed by atoms with Crippen molar-refractivity contribution in [3.05, 3.63) is 29.8 Å². The number of benzene rings is 1. The van der Waals surface area contributed by atoms with Crippen molar-refractivity contribution in [2.24, 2.45) is 0 Å². The lowest BCUT2D eigenvalue weighted by Crippen LogP contribution is -2.45. The summed E-state index contributed by atoms with van der Waals surface area (Å²) >= 11 is 0. The fourth-order valence-corrected chi connectivity index (χ4v) is 1.76. The number of hydrogen-bond donors (Lipinski definition) is 3. The van der Waals surface area contributed by atoms with E-state index in [0.29, 0.717) is 13.1 Å². The van der Waals surface area contributed by atoms with Crippen LogP contribution >= 0.6 is 0 Å². The molecule has 0 aliphatic rings. The zero-order valence-corrected chi connectivity index (χ0v) is 13.1. The minimum atomic E-state index is -0.660. The molecule has 0 aliphatic heterocycles. The van der Waals surface area contributed by atoms with E-state index in [1.165, 1.54) is 0 Å². The molecule has 0 aromatic heterocycles. The molecular weight excluding hydrogens is 268 g/mol. The van der Waals surface area contributed by atoms with Crippen LogP contribution < -0.4 is 15.4 Å². The average Bonchev–Trinajstić information content (AvgIpc) is 2.48. The quantitative estimate of drug-likeness (QED) is 0.641. The molecule has 0 radical (unpaired) electrons. The van der Waals surface area contributed by atoms with Gasteiger partial charge in [-0.1, -0.05) is 19.1 Å². The third-order valence-corrected chi connectivity index (χ3v) is 3.03. The summed E-state index contributed by atoms with van der Waals surface area (Å²) in [5.74, 6) is 0.687. The second-order valence-electron chi connectivity index (χ2n) is 5.20. The van der Waals surface area contributed by atoms with Crippen LogP contribution in [0.3, 0.4) is 0 Å². The summed E-state index contributed by atoms with van der Waals surface area (Å²) in [7, 11) is 0. The molecule has 0 saturated carbocycles. The molecule has 0 bridgehead atoms. The van der Waals surface area contributed by atoms with Crippen molar-refractivity contribution in [1.29, 1.82) is 0 Å². The first-order valence-electron chi connectivity index (χ1n) is 7.41. The summed E-state index contributed by atoms with van der Waals surface area (Å²) in [6.07, 6.45) is 0.248. The Kier molecular flexibility index (Phi) is 7.79. The molecule has 5 heteroatoms. The third kappa shape index (κ3) is 7.11. The standard InChI is InChI=1S/C16H26N2O3/c1-4-8-17-16(20)13(3)18-10-14(19)11-21-15-7-5-6-12(2)9-15/h5-7,9,13-14,18-19H,4,8,10-11H2,1-3H3,(H,17,20). The Labute approximate surface area is 126 Å². The Hall–Kier alpha value is -1.59. The van der Waals surface area contributed by atoms with Crippen LogP contribution in [0.2, 0.25) is 0 Å². The maximum absolute atomic E-state index is 11.6. The van der Waals surface area contributed by atoms with Gasteiger partial charge >= 0.3 is 0 Å². The molecule has 0 saturated heterocycles. The molecular formula is C16H26N2O3. The normalized spacial score (nSPS) is 13.5. The van der Waals surface area contributed by atoms with Gasteiger partial charge in [0.2, 0.25) is 5.91 Å².